The molecule has 0 unspecified atom stereocenters. The largest absolute Gasteiger partial charge is 0.274 e. The minimum Gasteiger partial charge on any atom is -0.274 e. The maximum atomic E-state index is 13.5. The van der Waals surface area contributed by atoms with Gasteiger partial charge in [0.1, 0.15) is 11.9 Å². The zero-order valence-corrected chi connectivity index (χ0v) is 12.4. The van der Waals surface area contributed by atoms with Crippen molar-refractivity contribution in [2.75, 3.05) is 4.90 Å². The highest BCUT2D eigenvalue weighted by Crippen LogP contribution is 2.68. The van der Waals surface area contributed by atoms with E-state index in [1.807, 2.05) is 0 Å². The van der Waals surface area contributed by atoms with Gasteiger partial charge in [-0.1, -0.05) is 0 Å². The highest BCUT2D eigenvalue weighted by Gasteiger charge is 2.68. The molecule has 6 rings (SSSR count). The average Bonchev–Trinajstić information content (AvgIpc) is 3.33. The molecule has 4 nitrogen and oxygen atoms in total. The Morgan fingerprint density at radius 1 is 1.04 bits per heavy atom. The lowest BCUT2D eigenvalue weighted by molar-refractivity contribution is -0.129. The molecule has 0 aromatic heterocycles. The van der Waals surface area contributed by atoms with Crippen LogP contribution in [-0.2, 0) is 9.59 Å². The molecular formula is C18H15FN2O2. The second-order valence-corrected chi connectivity index (χ2v) is 7.31. The number of fused-ring (bicyclic) bond motifs is 1. The van der Waals surface area contributed by atoms with Crippen molar-refractivity contribution in [3.05, 3.63) is 29.6 Å². The second kappa shape index (κ2) is 4.19. The lowest BCUT2D eigenvalue weighted by Gasteiger charge is -2.42. The normalized spacial score (nSPS) is 39.9. The van der Waals surface area contributed by atoms with E-state index < -0.39 is 5.82 Å². The van der Waals surface area contributed by atoms with Crippen LogP contribution in [0.2, 0.25) is 0 Å². The lowest BCUT2D eigenvalue weighted by Crippen LogP contribution is -2.43. The number of nitrogens with zero attached hydrogens (tertiary/aromatic N) is 2. The zero-order valence-electron chi connectivity index (χ0n) is 12.4. The number of hydrogen-bond acceptors (Lipinski definition) is 3. The minimum absolute atomic E-state index is 0.135. The average molecular weight is 310 g/mol. The van der Waals surface area contributed by atoms with Gasteiger partial charge >= 0.3 is 0 Å². The van der Waals surface area contributed by atoms with E-state index in [1.54, 1.807) is 6.07 Å². The monoisotopic (exact) mass is 310 g/mol. The summed E-state index contributed by atoms with van der Waals surface area (Å²) in [6.07, 6.45) is 3.28. The molecule has 1 aliphatic heterocycles. The van der Waals surface area contributed by atoms with Crippen LogP contribution >= 0.6 is 0 Å². The van der Waals surface area contributed by atoms with E-state index >= 15 is 0 Å². The van der Waals surface area contributed by atoms with Crippen molar-refractivity contribution in [1.82, 2.24) is 0 Å². The van der Waals surface area contributed by atoms with Gasteiger partial charge in [-0.2, -0.15) is 5.26 Å². The molecule has 1 heterocycles. The van der Waals surface area contributed by atoms with Gasteiger partial charge < -0.3 is 0 Å². The molecule has 5 aliphatic rings. The summed E-state index contributed by atoms with van der Waals surface area (Å²) in [7, 11) is 0. The van der Waals surface area contributed by atoms with Crippen molar-refractivity contribution in [2.24, 2.45) is 35.5 Å². The molecular weight excluding hydrogens is 295 g/mol. The van der Waals surface area contributed by atoms with Gasteiger partial charge in [0.05, 0.1) is 23.1 Å². The van der Waals surface area contributed by atoms with Crippen molar-refractivity contribution in [3.8, 4) is 6.07 Å². The summed E-state index contributed by atoms with van der Waals surface area (Å²) in [6, 6.07) is 5.66. The molecule has 23 heavy (non-hydrogen) atoms. The Bertz CT molecular complexity index is 765. The van der Waals surface area contributed by atoms with E-state index in [-0.39, 0.29) is 29.2 Å². The highest BCUT2D eigenvalue weighted by atomic mass is 19.1. The second-order valence-electron chi connectivity index (χ2n) is 7.31. The van der Waals surface area contributed by atoms with Crippen LogP contribution in [0.15, 0.2) is 18.2 Å². The van der Waals surface area contributed by atoms with Crippen LogP contribution in [-0.4, -0.2) is 11.8 Å². The number of rotatable bonds is 1. The summed E-state index contributed by atoms with van der Waals surface area (Å²) in [5.74, 6) is 0.644. The Morgan fingerprint density at radius 2 is 1.65 bits per heavy atom. The molecule has 2 amide bonds. The van der Waals surface area contributed by atoms with Gasteiger partial charge in [-0.05, 0) is 61.1 Å². The number of anilines is 1. The SMILES string of the molecule is N#Cc1cc(N2C(=O)[C@@H]3[C@@H]4CC[C@@H]([C@H]5C[C@H]54)[C@@H]3C2=O)ccc1F. The van der Waals surface area contributed by atoms with E-state index in [4.69, 9.17) is 5.26 Å². The van der Waals surface area contributed by atoms with Gasteiger partial charge in [0, 0.05) is 0 Å². The zero-order chi connectivity index (χ0) is 15.9. The number of imide groups is 1. The molecule has 4 aliphatic carbocycles. The lowest BCUT2D eigenvalue weighted by atomic mass is 9.59. The van der Waals surface area contributed by atoms with E-state index in [0.29, 0.717) is 29.4 Å². The standard InChI is InChI=1S/C18H15FN2O2/c19-14-4-1-9(5-8(14)7-20)21-17(22)15-10-2-3-11(13-6-12(10)13)16(15)18(21)23/h1,4-5,10-13,15-16H,2-3,6H2/t10-,11+,12+,13-,15-,16+. The fraction of sp³-hybridized carbons (Fsp3) is 0.500. The third-order valence-corrected chi connectivity index (χ3v) is 6.47. The van der Waals surface area contributed by atoms with Crippen molar-refractivity contribution in [3.63, 3.8) is 0 Å². The van der Waals surface area contributed by atoms with Crippen LogP contribution in [0, 0.1) is 52.7 Å². The molecule has 0 N–H and O–H groups in total. The molecule has 6 atom stereocenters. The van der Waals surface area contributed by atoms with Crippen molar-refractivity contribution in [1.29, 1.82) is 5.26 Å². The van der Waals surface area contributed by atoms with Crippen LogP contribution in [0.3, 0.4) is 0 Å². The van der Waals surface area contributed by atoms with Gasteiger partial charge in [-0.3, -0.25) is 9.59 Å². The van der Waals surface area contributed by atoms with Crippen LogP contribution in [0.25, 0.3) is 0 Å². The van der Waals surface area contributed by atoms with Gasteiger partial charge in [0.25, 0.3) is 0 Å². The van der Waals surface area contributed by atoms with Gasteiger partial charge in [0.2, 0.25) is 11.8 Å². The number of carbonyl (C=O) groups excluding carboxylic acids is 2. The van der Waals surface area contributed by atoms with Crippen molar-refractivity contribution >= 4 is 17.5 Å². The minimum atomic E-state index is -0.630. The number of amides is 2. The molecule has 4 saturated carbocycles. The Hall–Kier alpha value is -2.22. The van der Waals surface area contributed by atoms with E-state index in [0.717, 1.165) is 18.9 Å². The third-order valence-electron chi connectivity index (χ3n) is 6.47. The first-order valence-electron chi connectivity index (χ1n) is 8.19. The fourth-order valence-electron chi connectivity index (χ4n) is 5.53. The highest BCUT2D eigenvalue weighted by molar-refractivity contribution is 6.22. The van der Waals surface area contributed by atoms with Crippen LogP contribution in [0.4, 0.5) is 10.1 Å². The summed E-state index contributed by atoms with van der Waals surface area (Å²) in [5, 5.41) is 8.98. The van der Waals surface area contributed by atoms with Gasteiger partial charge in [-0.25, -0.2) is 9.29 Å². The Kier molecular flexibility index (Phi) is 2.41. The summed E-state index contributed by atoms with van der Waals surface area (Å²) in [4.78, 5) is 27.0. The van der Waals surface area contributed by atoms with Gasteiger partial charge in [0.15, 0.2) is 0 Å². The Balaban J connectivity index is 1.57. The number of hydrogen-bond donors (Lipinski definition) is 0. The molecule has 1 aromatic carbocycles. The van der Waals surface area contributed by atoms with Crippen LogP contribution in [0.1, 0.15) is 24.8 Å². The first kappa shape index (κ1) is 13.2. The quantitative estimate of drug-likeness (QED) is 0.749. The number of benzene rings is 1. The number of nitriles is 1. The summed E-state index contributed by atoms with van der Waals surface area (Å²) >= 11 is 0. The summed E-state index contributed by atoms with van der Waals surface area (Å²) < 4.78 is 13.5. The van der Waals surface area contributed by atoms with Crippen molar-refractivity contribution in [2.45, 2.75) is 19.3 Å². The van der Waals surface area contributed by atoms with E-state index in [2.05, 4.69) is 0 Å². The smallest absolute Gasteiger partial charge is 0.237 e. The molecule has 1 saturated heterocycles. The Morgan fingerprint density at radius 3 is 2.22 bits per heavy atom. The maximum Gasteiger partial charge on any atom is 0.237 e. The van der Waals surface area contributed by atoms with E-state index in [1.165, 1.54) is 23.5 Å². The molecule has 5 heteroatoms. The first-order chi connectivity index (χ1) is 11.1. The molecule has 0 spiro atoms. The summed E-state index contributed by atoms with van der Waals surface area (Å²) in [6.45, 7) is 0. The summed E-state index contributed by atoms with van der Waals surface area (Å²) in [5.41, 5.74) is 0.198. The molecule has 1 aromatic rings. The van der Waals surface area contributed by atoms with Crippen LogP contribution < -0.4 is 4.90 Å². The van der Waals surface area contributed by atoms with Crippen molar-refractivity contribution < 1.29 is 14.0 Å². The predicted octanol–water partition coefficient (Wildman–Crippen LogP) is 2.48. The predicted molar refractivity (Wildman–Crippen MR) is 78.4 cm³/mol. The Labute approximate surface area is 132 Å². The van der Waals surface area contributed by atoms with Gasteiger partial charge in [-0.15, -0.1) is 0 Å². The van der Waals surface area contributed by atoms with Crippen LogP contribution in [0.5, 0.6) is 0 Å². The first-order valence-corrected chi connectivity index (χ1v) is 8.19. The molecule has 116 valence electrons. The topological polar surface area (TPSA) is 61.2 Å². The maximum absolute atomic E-state index is 13.5. The molecule has 5 fully saturated rings. The fourth-order valence-corrected chi connectivity index (χ4v) is 5.53. The molecule has 0 radical (unpaired) electrons. The molecule has 2 bridgehead atoms. The number of carbonyl (C=O) groups is 2. The third kappa shape index (κ3) is 1.54. The van der Waals surface area contributed by atoms with E-state index in [9.17, 15) is 14.0 Å². The number of halogens is 1.